The molecule has 3 rings (SSSR count). The minimum absolute atomic E-state index is 0.342. The number of hydrogen-bond acceptors (Lipinski definition) is 2. The topological polar surface area (TPSA) is 15.3 Å². The Morgan fingerprint density at radius 1 is 1.20 bits per heavy atom. The number of rotatable bonds is 3. The zero-order chi connectivity index (χ0) is 14.2. The Balaban J connectivity index is 1.64. The van der Waals surface area contributed by atoms with Gasteiger partial charge in [-0.25, -0.2) is 0 Å². The van der Waals surface area contributed by atoms with Crippen LogP contribution in [0, 0.1) is 11.3 Å². The smallest absolute Gasteiger partial charge is 0.0377 e. The van der Waals surface area contributed by atoms with Gasteiger partial charge in [-0.3, -0.25) is 0 Å². The molecule has 1 unspecified atom stereocenters. The highest BCUT2D eigenvalue weighted by molar-refractivity contribution is 5.37. The van der Waals surface area contributed by atoms with Gasteiger partial charge < -0.3 is 10.2 Å². The summed E-state index contributed by atoms with van der Waals surface area (Å²) in [5, 5.41) is 3.89. The van der Waals surface area contributed by atoms with Gasteiger partial charge in [0.15, 0.2) is 0 Å². The van der Waals surface area contributed by atoms with Crippen LogP contribution in [0.15, 0.2) is 24.3 Å². The van der Waals surface area contributed by atoms with Crippen molar-refractivity contribution in [2.45, 2.75) is 39.2 Å². The molecular formula is C18H28N2. The van der Waals surface area contributed by atoms with Crippen molar-refractivity contribution in [1.82, 2.24) is 10.2 Å². The van der Waals surface area contributed by atoms with Crippen LogP contribution in [0.4, 0.5) is 0 Å². The standard InChI is InChI=1S/C18H28N2/c1-18(2)12-15-6-4-5-7-16(15)17(18)19-13-14-8-10-20(3)11-9-14/h4-7,14,17,19H,8-13H2,1-3H3. The van der Waals surface area contributed by atoms with Crippen molar-refractivity contribution < 1.29 is 0 Å². The fraction of sp³-hybridized carbons (Fsp3) is 0.667. The van der Waals surface area contributed by atoms with Crippen LogP contribution in [0.3, 0.4) is 0 Å². The molecule has 0 aromatic heterocycles. The van der Waals surface area contributed by atoms with E-state index in [0.29, 0.717) is 11.5 Å². The van der Waals surface area contributed by atoms with Crippen LogP contribution in [-0.2, 0) is 6.42 Å². The lowest BCUT2D eigenvalue weighted by Gasteiger charge is -2.33. The van der Waals surface area contributed by atoms with Gasteiger partial charge >= 0.3 is 0 Å². The highest BCUT2D eigenvalue weighted by atomic mass is 15.1. The summed E-state index contributed by atoms with van der Waals surface area (Å²) >= 11 is 0. The predicted octanol–water partition coefficient (Wildman–Crippen LogP) is 3.24. The SMILES string of the molecule is CN1CCC(CNC2c3ccccc3CC2(C)C)CC1. The Morgan fingerprint density at radius 3 is 2.65 bits per heavy atom. The third kappa shape index (κ3) is 2.77. The van der Waals surface area contributed by atoms with E-state index in [4.69, 9.17) is 0 Å². The van der Waals surface area contributed by atoms with Crippen molar-refractivity contribution in [3.05, 3.63) is 35.4 Å². The molecule has 110 valence electrons. The van der Waals surface area contributed by atoms with E-state index in [1.807, 2.05) is 0 Å². The largest absolute Gasteiger partial charge is 0.309 e. The van der Waals surface area contributed by atoms with Gasteiger partial charge in [0.05, 0.1) is 0 Å². The van der Waals surface area contributed by atoms with E-state index < -0.39 is 0 Å². The van der Waals surface area contributed by atoms with Gasteiger partial charge in [-0.15, -0.1) is 0 Å². The number of likely N-dealkylation sites (tertiary alicyclic amines) is 1. The molecule has 0 saturated carbocycles. The van der Waals surface area contributed by atoms with Crippen LogP contribution in [-0.4, -0.2) is 31.6 Å². The molecule has 20 heavy (non-hydrogen) atoms. The Hall–Kier alpha value is -0.860. The number of piperidine rings is 1. The van der Waals surface area contributed by atoms with Crippen LogP contribution in [0.2, 0.25) is 0 Å². The maximum atomic E-state index is 3.89. The molecule has 1 aromatic carbocycles. The molecular weight excluding hydrogens is 244 g/mol. The highest BCUT2D eigenvalue weighted by Crippen LogP contribution is 2.45. The Bertz CT molecular complexity index is 458. The lowest BCUT2D eigenvalue weighted by atomic mass is 9.84. The van der Waals surface area contributed by atoms with E-state index in [1.165, 1.54) is 44.5 Å². The molecule has 1 N–H and O–H groups in total. The third-order valence-corrected chi connectivity index (χ3v) is 5.24. The molecule has 1 heterocycles. The average Bonchev–Trinajstić information content (AvgIpc) is 2.68. The van der Waals surface area contributed by atoms with Crippen LogP contribution in [0.1, 0.15) is 43.9 Å². The molecule has 2 nitrogen and oxygen atoms in total. The van der Waals surface area contributed by atoms with Gasteiger partial charge in [-0.1, -0.05) is 38.1 Å². The second-order valence-corrected chi connectivity index (χ2v) is 7.45. The van der Waals surface area contributed by atoms with Gasteiger partial charge in [0.1, 0.15) is 0 Å². The van der Waals surface area contributed by atoms with Gasteiger partial charge in [-0.2, -0.15) is 0 Å². The summed E-state index contributed by atoms with van der Waals surface area (Å²) < 4.78 is 0. The summed E-state index contributed by atoms with van der Waals surface area (Å²) in [6, 6.07) is 9.50. The van der Waals surface area contributed by atoms with Crippen LogP contribution >= 0.6 is 0 Å². The monoisotopic (exact) mass is 272 g/mol. The molecule has 1 saturated heterocycles. The lowest BCUT2D eigenvalue weighted by Crippen LogP contribution is -2.38. The van der Waals surface area contributed by atoms with E-state index in [2.05, 4.69) is 55.4 Å². The summed E-state index contributed by atoms with van der Waals surface area (Å²) in [5.74, 6) is 0.856. The molecule has 0 amide bonds. The molecule has 1 fully saturated rings. The van der Waals surface area contributed by atoms with Gasteiger partial charge in [0.2, 0.25) is 0 Å². The number of nitrogens with one attached hydrogen (secondary N) is 1. The number of hydrogen-bond donors (Lipinski definition) is 1. The lowest BCUT2D eigenvalue weighted by molar-refractivity contribution is 0.196. The second-order valence-electron chi connectivity index (χ2n) is 7.45. The van der Waals surface area contributed by atoms with E-state index in [0.717, 1.165) is 5.92 Å². The van der Waals surface area contributed by atoms with E-state index in [-0.39, 0.29) is 0 Å². The minimum Gasteiger partial charge on any atom is -0.309 e. The second kappa shape index (κ2) is 5.50. The third-order valence-electron chi connectivity index (χ3n) is 5.24. The first-order valence-electron chi connectivity index (χ1n) is 8.06. The summed E-state index contributed by atoms with van der Waals surface area (Å²) in [6.45, 7) is 8.50. The first-order valence-corrected chi connectivity index (χ1v) is 8.06. The molecule has 0 radical (unpaired) electrons. The van der Waals surface area contributed by atoms with Gasteiger partial charge in [0, 0.05) is 6.04 Å². The van der Waals surface area contributed by atoms with E-state index in [9.17, 15) is 0 Å². The fourth-order valence-electron chi connectivity index (χ4n) is 3.93. The summed E-state index contributed by atoms with van der Waals surface area (Å²) in [7, 11) is 2.24. The molecule has 0 spiro atoms. The quantitative estimate of drug-likeness (QED) is 0.908. The van der Waals surface area contributed by atoms with Gasteiger partial charge in [0.25, 0.3) is 0 Å². The zero-order valence-electron chi connectivity index (χ0n) is 13.2. The maximum Gasteiger partial charge on any atom is 0.0377 e. The van der Waals surface area contributed by atoms with Gasteiger partial charge in [-0.05, 0) is 68.4 Å². The normalized spacial score (nSPS) is 26.6. The zero-order valence-corrected chi connectivity index (χ0v) is 13.2. The van der Waals surface area contributed by atoms with Crippen molar-refractivity contribution >= 4 is 0 Å². The molecule has 2 heteroatoms. The van der Waals surface area contributed by atoms with E-state index in [1.54, 1.807) is 5.56 Å². The molecule has 2 aliphatic rings. The maximum absolute atomic E-state index is 3.89. The summed E-state index contributed by atoms with van der Waals surface area (Å²) in [4.78, 5) is 2.45. The predicted molar refractivity (Wildman–Crippen MR) is 84.9 cm³/mol. The average molecular weight is 272 g/mol. The summed E-state index contributed by atoms with van der Waals surface area (Å²) in [5.41, 5.74) is 3.42. The van der Waals surface area contributed by atoms with E-state index >= 15 is 0 Å². The van der Waals surface area contributed by atoms with Crippen molar-refractivity contribution in [2.24, 2.45) is 11.3 Å². The molecule has 0 bridgehead atoms. The Labute approximate surface area is 123 Å². The van der Waals surface area contributed by atoms with Crippen molar-refractivity contribution in [2.75, 3.05) is 26.7 Å². The van der Waals surface area contributed by atoms with Crippen molar-refractivity contribution in [3.63, 3.8) is 0 Å². The summed E-state index contributed by atoms with van der Waals surface area (Å²) in [6.07, 6.45) is 3.89. The number of benzene rings is 1. The first kappa shape index (κ1) is 14.1. The van der Waals surface area contributed by atoms with Crippen molar-refractivity contribution in [1.29, 1.82) is 0 Å². The molecule has 1 aromatic rings. The number of nitrogens with zero attached hydrogens (tertiary/aromatic N) is 1. The van der Waals surface area contributed by atoms with Crippen LogP contribution in [0.5, 0.6) is 0 Å². The Kier molecular flexibility index (Phi) is 3.87. The molecule has 1 aliphatic carbocycles. The van der Waals surface area contributed by atoms with Crippen LogP contribution in [0.25, 0.3) is 0 Å². The highest BCUT2D eigenvalue weighted by Gasteiger charge is 2.38. The first-order chi connectivity index (χ1) is 9.56. The molecule has 1 atom stereocenters. The Morgan fingerprint density at radius 2 is 1.90 bits per heavy atom. The van der Waals surface area contributed by atoms with Crippen LogP contribution < -0.4 is 5.32 Å². The van der Waals surface area contributed by atoms with Crippen molar-refractivity contribution in [3.8, 4) is 0 Å². The molecule has 1 aliphatic heterocycles. The number of fused-ring (bicyclic) bond motifs is 1. The minimum atomic E-state index is 0.342. The fourth-order valence-corrected chi connectivity index (χ4v) is 3.93.